The first-order valence-corrected chi connectivity index (χ1v) is 8.48. The van der Waals surface area contributed by atoms with E-state index < -0.39 is 5.91 Å². The zero-order valence-corrected chi connectivity index (χ0v) is 15.2. The highest BCUT2D eigenvalue weighted by molar-refractivity contribution is 6.11. The summed E-state index contributed by atoms with van der Waals surface area (Å²) in [7, 11) is 0. The number of aromatic nitrogens is 1. The Morgan fingerprint density at radius 1 is 1.19 bits per heavy atom. The van der Waals surface area contributed by atoms with Crippen molar-refractivity contribution in [3.8, 4) is 12.1 Å². The van der Waals surface area contributed by atoms with Gasteiger partial charge in [0.25, 0.3) is 5.91 Å². The summed E-state index contributed by atoms with van der Waals surface area (Å²) in [6.07, 6.45) is 3.35. The molecule has 0 bridgehead atoms. The molecule has 3 aromatic rings. The number of nitrogens with zero attached hydrogens (tertiary/aromatic N) is 3. The highest BCUT2D eigenvalue weighted by Crippen LogP contribution is 2.24. The number of hydrogen-bond acceptors (Lipinski definition) is 3. The van der Waals surface area contributed by atoms with Gasteiger partial charge in [0.1, 0.15) is 18.2 Å². The van der Waals surface area contributed by atoms with E-state index in [4.69, 9.17) is 5.26 Å². The SMILES string of the molecule is Cc1ccc(NC(=O)C(C#N)=Cc2cn(CC#N)c3ccccc23)c(C)c1. The van der Waals surface area contributed by atoms with E-state index in [-0.39, 0.29) is 12.1 Å². The first-order chi connectivity index (χ1) is 13.0. The molecule has 5 heteroatoms. The van der Waals surface area contributed by atoms with Gasteiger partial charge in [-0.2, -0.15) is 10.5 Å². The number of nitriles is 2. The average Bonchev–Trinajstić information content (AvgIpc) is 3.00. The second kappa shape index (κ2) is 7.59. The number of aryl methyl sites for hydroxylation is 2. The van der Waals surface area contributed by atoms with Crippen LogP contribution in [-0.4, -0.2) is 10.5 Å². The van der Waals surface area contributed by atoms with Crippen LogP contribution in [0.1, 0.15) is 16.7 Å². The van der Waals surface area contributed by atoms with E-state index in [1.165, 1.54) is 0 Å². The fraction of sp³-hybridized carbons (Fsp3) is 0.136. The van der Waals surface area contributed by atoms with Crippen LogP contribution in [0.15, 0.2) is 54.2 Å². The van der Waals surface area contributed by atoms with Crippen molar-refractivity contribution in [2.24, 2.45) is 0 Å². The van der Waals surface area contributed by atoms with Crippen LogP contribution >= 0.6 is 0 Å². The summed E-state index contributed by atoms with van der Waals surface area (Å²) in [5.41, 5.74) is 4.34. The lowest BCUT2D eigenvalue weighted by molar-refractivity contribution is -0.112. The third kappa shape index (κ3) is 3.73. The zero-order valence-electron chi connectivity index (χ0n) is 15.2. The molecule has 0 saturated carbocycles. The van der Waals surface area contributed by atoms with Crippen LogP contribution < -0.4 is 5.32 Å². The number of benzene rings is 2. The Morgan fingerprint density at radius 2 is 1.96 bits per heavy atom. The molecule has 0 spiro atoms. The molecule has 3 rings (SSSR count). The maximum Gasteiger partial charge on any atom is 0.266 e. The van der Waals surface area contributed by atoms with Crippen LogP contribution in [0.5, 0.6) is 0 Å². The number of rotatable bonds is 4. The summed E-state index contributed by atoms with van der Waals surface area (Å²) in [6.45, 7) is 4.09. The van der Waals surface area contributed by atoms with E-state index in [0.717, 1.165) is 27.6 Å². The largest absolute Gasteiger partial charge is 0.333 e. The minimum absolute atomic E-state index is 0.00911. The van der Waals surface area contributed by atoms with E-state index in [0.29, 0.717) is 5.69 Å². The van der Waals surface area contributed by atoms with Gasteiger partial charge in [-0.1, -0.05) is 35.9 Å². The van der Waals surface area contributed by atoms with E-state index in [2.05, 4.69) is 11.4 Å². The monoisotopic (exact) mass is 354 g/mol. The number of nitrogens with one attached hydrogen (secondary N) is 1. The molecule has 27 heavy (non-hydrogen) atoms. The van der Waals surface area contributed by atoms with Gasteiger partial charge >= 0.3 is 0 Å². The highest BCUT2D eigenvalue weighted by Gasteiger charge is 2.13. The number of hydrogen-bond donors (Lipinski definition) is 1. The number of anilines is 1. The molecule has 5 nitrogen and oxygen atoms in total. The number of para-hydroxylation sites is 1. The molecule has 1 heterocycles. The number of carbonyl (C=O) groups is 1. The normalized spacial score (nSPS) is 11.0. The molecule has 132 valence electrons. The molecule has 0 radical (unpaired) electrons. The molecule has 0 aliphatic carbocycles. The Hall–Kier alpha value is -3.83. The minimum atomic E-state index is -0.457. The van der Waals surface area contributed by atoms with Gasteiger partial charge in [-0.3, -0.25) is 4.79 Å². The lowest BCUT2D eigenvalue weighted by atomic mass is 10.1. The first-order valence-electron chi connectivity index (χ1n) is 8.48. The van der Waals surface area contributed by atoms with Crippen molar-refractivity contribution in [1.29, 1.82) is 10.5 Å². The molecule has 0 aliphatic rings. The molecule has 0 unspecified atom stereocenters. The summed E-state index contributed by atoms with van der Waals surface area (Å²) in [6, 6.07) is 17.4. The zero-order chi connectivity index (χ0) is 19.4. The third-order valence-electron chi connectivity index (χ3n) is 4.36. The van der Waals surface area contributed by atoms with Gasteiger partial charge in [-0.15, -0.1) is 0 Å². The predicted octanol–water partition coefficient (Wildman–Crippen LogP) is 4.33. The van der Waals surface area contributed by atoms with Crippen molar-refractivity contribution in [2.75, 3.05) is 5.32 Å². The lowest BCUT2D eigenvalue weighted by Gasteiger charge is -2.08. The molecule has 0 aliphatic heterocycles. The van der Waals surface area contributed by atoms with Crippen molar-refractivity contribution in [3.63, 3.8) is 0 Å². The molecule has 2 aromatic carbocycles. The first kappa shape index (κ1) is 18.0. The van der Waals surface area contributed by atoms with Crippen LogP contribution in [0.2, 0.25) is 0 Å². The van der Waals surface area contributed by atoms with Crippen LogP contribution in [0.25, 0.3) is 17.0 Å². The number of carbonyl (C=O) groups excluding carboxylic acids is 1. The summed E-state index contributed by atoms with van der Waals surface area (Å²) in [5.74, 6) is -0.457. The van der Waals surface area contributed by atoms with E-state index in [1.54, 1.807) is 16.8 Å². The van der Waals surface area contributed by atoms with Gasteiger partial charge in [0.15, 0.2) is 0 Å². The summed E-state index contributed by atoms with van der Waals surface area (Å²) >= 11 is 0. The molecular weight excluding hydrogens is 336 g/mol. The van der Waals surface area contributed by atoms with Crippen molar-refractivity contribution in [2.45, 2.75) is 20.4 Å². The highest BCUT2D eigenvalue weighted by atomic mass is 16.1. The van der Waals surface area contributed by atoms with Crippen LogP contribution in [-0.2, 0) is 11.3 Å². The summed E-state index contributed by atoms with van der Waals surface area (Å²) in [5, 5.41) is 22.2. The second-order valence-corrected chi connectivity index (χ2v) is 6.33. The number of amides is 1. The van der Waals surface area contributed by atoms with E-state index >= 15 is 0 Å². The Bertz CT molecular complexity index is 1140. The third-order valence-corrected chi connectivity index (χ3v) is 4.36. The van der Waals surface area contributed by atoms with Crippen LogP contribution in [0.3, 0.4) is 0 Å². The van der Waals surface area contributed by atoms with Gasteiger partial charge in [-0.05, 0) is 37.6 Å². The maximum atomic E-state index is 12.6. The van der Waals surface area contributed by atoms with Gasteiger partial charge in [0, 0.05) is 28.4 Å². The van der Waals surface area contributed by atoms with Gasteiger partial charge in [0.2, 0.25) is 0 Å². The molecule has 0 fully saturated rings. The molecule has 1 amide bonds. The molecule has 1 aromatic heterocycles. The van der Waals surface area contributed by atoms with Crippen LogP contribution in [0, 0.1) is 36.5 Å². The van der Waals surface area contributed by atoms with Gasteiger partial charge in [-0.25, -0.2) is 0 Å². The smallest absolute Gasteiger partial charge is 0.266 e. The van der Waals surface area contributed by atoms with E-state index in [1.807, 2.05) is 62.4 Å². The molecule has 1 N–H and O–H groups in total. The Kier molecular flexibility index (Phi) is 5.06. The van der Waals surface area contributed by atoms with Crippen molar-refractivity contribution in [3.05, 3.63) is 70.9 Å². The Labute approximate surface area is 157 Å². The predicted molar refractivity (Wildman–Crippen MR) is 106 cm³/mol. The summed E-state index contributed by atoms with van der Waals surface area (Å²) < 4.78 is 1.80. The van der Waals surface area contributed by atoms with Crippen molar-refractivity contribution >= 4 is 28.6 Å². The maximum absolute atomic E-state index is 12.6. The van der Waals surface area contributed by atoms with Crippen molar-refractivity contribution < 1.29 is 4.79 Å². The van der Waals surface area contributed by atoms with E-state index in [9.17, 15) is 10.1 Å². The minimum Gasteiger partial charge on any atom is -0.333 e. The standard InChI is InChI=1S/C22H18N4O/c1-15-7-8-20(16(2)11-15)25-22(27)17(13-24)12-18-14-26(10-9-23)21-6-4-3-5-19(18)21/h3-8,11-12,14H,10H2,1-2H3,(H,25,27). The van der Waals surface area contributed by atoms with Gasteiger partial charge < -0.3 is 9.88 Å². The summed E-state index contributed by atoms with van der Waals surface area (Å²) in [4.78, 5) is 12.6. The van der Waals surface area contributed by atoms with Crippen molar-refractivity contribution in [1.82, 2.24) is 4.57 Å². The molecule has 0 atom stereocenters. The fourth-order valence-electron chi connectivity index (χ4n) is 3.04. The number of fused-ring (bicyclic) bond motifs is 1. The average molecular weight is 354 g/mol. The Morgan fingerprint density at radius 3 is 2.67 bits per heavy atom. The molecular formula is C22H18N4O. The lowest BCUT2D eigenvalue weighted by Crippen LogP contribution is -2.14. The van der Waals surface area contributed by atoms with Crippen LogP contribution in [0.4, 0.5) is 5.69 Å². The quantitative estimate of drug-likeness (QED) is 0.559. The second-order valence-electron chi connectivity index (χ2n) is 6.33. The van der Waals surface area contributed by atoms with Gasteiger partial charge in [0.05, 0.1) is 6.07 Å². The fourth-order valence-corrected chi connectivity index (χ4v) is 3.04. The topological polar surface area (TPSA) is 81.6 Å². The molecule has 0 saturated heterocycles. The Balaban J connectivity index is 1.97.